The minimum absolute atomic E-state index is 0.784. The highest BCUT2D eigenvalue weighted by Gasteiger charge is 2.00. The van der Waals surface area contributed by atoms with Crippen molar-refractivity contribution in [2.45, 2.75) is 39.0 Å². The van der Waals surface area contributed by atoms with E-state index in [1.165, 1.54) is 31.2 Å². The van der Waals surface area contributed by atoms with Gasteiger partial charge in [0.05, 0.1) is 6.26 Å². The van der Waals surface area contributed by atoms with Crippen molar-refractivity contribution in [2.24, 2.45) is 0 Å². The van der Waals surface area contributed by atoms with Gasteiger partial charge in [-0.25, -0.2) is 0 Å². The van der Waals surface area contributed by atoms with E-state index in [2.05, 4.69) is 16.2 Å². The summed E-state index contributed by atoms with van der Waals surface area (Å²) in [6.45, 7) is 2.22. The Balaban J connectivity index is 2.20. The van der Waals surface area contributed by atoms with Crippen LogP contribution in [0.15, 0.2) is 16.7 Å². The van der Waals surface area contributed by atoms with Gasteiger partial charge in [0, 0.05) is 9.24 Å². The lowest BCUT2D eigenvalue weighted by Gasteiger charge is -1.97. The second-order valence-electron chi connectivity index (χ2n) is 3.06. The Morgan fingerprint density at radius 3 is 2.75 bits per heavy atom. The molecule has 2 radical (unpaired) electrons. The highest BCUT2D eigenvalue weighted by atomic mass is 31.0. The number of unbranched alkanes of at least 4 members (excludes halogenated alkanes) is 3. The zero-order valence-corrected chi connectivity index (χ0v) is 8.44. The Morgan fingerprint density at radius 2 is 2.17 bits per heavy atom. The molecule has 0 unspecified atom stereocenters. The van der Waals surface area contributed by atoms with Gasteiger partial charge in [0.2, 0.25) is 0 Å². The van der Waals surface area contributed by atoms with E-state index < -0.39 is 0 Å². The van der Waals surface area contributed by atoms with Gasteiger partial charge in [-0.2, -0.15) is 0 Å². The third-order valence-corrected chi connectivity index (χ3v) is 2.42. The van der Waals surface area contributed by atoms with Gasteiger partial charge in [0.25, 0.3) is 0 Å². The summed E-state index contributed by atoms with van der Waals surface area (Å²) in [5, 5.41) is 0. The molecule has 66 valence electrons. The SMILES string of the molecule is CCCCCCc1ccoc1[P]. The number of hydrogen-bond acceptors (Lipinski definition) is 1. The molecule has 2 heteroatoms. The molecular formula is C10H15OP. The van der Waals surface area contributed by atoms with Crippen molar-refractivity contribution in [1.82, 2.24) is 0 Å². The fourth-order valence-corrected chi connectivity index (χ4v) is 1.51. The van der Waals surface area contributed by atoms with E-state index in [-0.39, 0.29) is 0 Å². The second kappa shape index (κ2) is 5.37. The Hall–Kier alpha value is -0.290. The molecule has 0 aliphatic heterocycles. The molecule has 0 fully saturated rings. The second-order valence-corrected chi connectivity index (χ2v) is 3.47. The van der Waals surface area contributed by atoms with Crippen molar-refractivity contribution < 1.29 is 4.42 Å². The molecule has 0 saturated heterocycles. The molecule has 0 bridgehead atoms. The van der Waals surface area contributed by atoms with Crippen LogP contribution in [0.5, 0.6) is 0 Å². The lowest BCUT2D eigenvalue weighted by atomic mass is 10.1. The summed E-state index contributed by atoms with van der Waals surface area (Å²) in [4.78, 5) is 0. The molecule has 1 heterocycles. The van der Waals surface area contributed by atoms with E-state index >= 15 is 0 Å². The average molecular weight is 182 g/mol. The Kier molecular flexibility index (Phi) is 4.39. The lowest BCUT2D eigenvalue weighted by molar-refractivity contribution is 0.599. The third-order valence-electron chi connectivity index (χ3n) is 2.02. The molecule has 1 nitrogen and oxygen atoms in total. The minimum atomic E-state index is 0.784. The topological polar surface area (TPSA) is 13.1 Å². The van der Waals surface area contributed by atoms with E-state index in [1.807, 2.05) is 6.07 Å². The molecule has 1 rings (SSSR count). The molecule has 12 heavy (non-hydrogen) atoms. The van der Waals surface area contributed by atoms with Gasteiger partial charge in [0.15, 0.2) is 0 Å². The molecular weight excluding hydrogens is 167 g/mol. The van der Waals surface area contributed by atoms with Crippen LogP contribution < -0.4 is 5.50 Å². The van der Waals surface area contributed by atoms with E-state index in [1.54, 1.807) is 6.26 Å². The summed E-state index contributed by atoms with van der Waals surface area (Å²) < 4.78 is 5.09. The predicted octanol–water partition coefficient (Wildman–Crippen LogP) is 3.44. The van der Waals surface area contributed by atoms with Gasteiger partial charge < -0.3 is 4.42 Å². The quantitative estimate of drug-likeness (QED) is 0.502. The van der Waals surface area contributed by atoms with Gasteiger partial charge in [-0.15, -0.1) is 0 Å². The average Bonchev–Trinajstić information content (AvgIpc) is 2.46. The fraction of sp³-hybridized carbons (Fsp3) is 0.600. The van der Waals surface area contributed by atoms with Crippen molar-refractivity contribution in [1.29, 1.82) is 0 Å². The summed E-state index contributed by atoms with van der Waals surface area (Å²) >= 11 is 0. The monoisotopic (exact) mass is 182 g/mol. The van der Waals surface area contributed by atoms with E-state index in [4.69, 9.17) is 4.42 Å². The fourth-order valence-electron chi connectivity index (χ4n) is 1.26. The first-order valence-corrected chi connectivity index (χ1v) is 5.04. The van der Waals surface area contributed by atoms with Crippen molar-refractivity contribution in [3.63, 3.8) is 0 Å². The molecule has 1 aromatic rings. The van der Waals surface area contributed by atoms with Crippen LogP contribution in [0, 0.1) is 0 Å². The lowest BCUT2D eigenvalue weighted by Crippen LogP contribution is -1.95. The molecule has 0 aromatic carbocycles. The Bertz CT molecular complexity index is 217. The molecule has 0 atom stereocenters. The zero-order valence-electron chi connectivity index (χ0n) is 7.55. The van der Waals surface area contributed by atoms with Crippen LogP contribution in [0.3, 0.4) is 0 Å². The normalized spacial score (nSPS) is 10.5. The van der Waals surface area contributed by atoms with Crippen LogP contribution in [-0.4, -0.2) is 0 Å². The summed E-state index contributed by atoms with van der Waals surface area (Å²) in [5.41, 5.74) is 2.03. The first-order valence-electron chi connectivity index (χ1n) is 4.60. The molecule has 1 aromatic heterocycles. The van der Waals surface area contributed by atoms with Crippen molar-refractivity contribution in [3.05, 3.63) is 17.9 Å². The molecule has 0 spiro atoms. The van der Waals surface area contributed by atoms with Gasteiger partial charge in [0.1, 0.15) is 5.50 Å². The highest BCUT2D eigenvalue weighted by Crippen LogP contribution is 2.08. The molecule has 0 saturated carbocycles. The number of furan rings is 1. The van der Waals surface area contributed by atoms with Crippen LogP contribution in [-0.2, 0) is 6.42 Å². The summed E-state index contributed by atoms with van der Waals surface area (Å²) in [6.07, 6.45) is 8.00. The summed E-state index contributed by atoms with van der Waals surface area (Å²) in [6, 6.07) is 2.01. The van der Waals surface area contributed by atoms with E-state index in [0.29, 0.717) is 0 Å². The third kappa shape index (κ3) is 2.98. The largest absolute Gasteiger partial charge is 0.464 e. The molecule has 0 aliphatic rings. The smallest absolute Gasteiger partial charge is 0.138 e. The summed E-state index contributed by atoms with van der Waals surface area (Å²) in [5.74, 6) is 0. The molecule has 0 amide bonds. The van der Waals surface area contributed by atoms with Gasteiger partial charge in [-0.1, -0.05) is 26.2 Å². The molecule has 0 N–H and O–H groups in total. The first-order chi connectivity index (χ1) is 5.84. The first kappa shape index (κ1) is 9.80. The van der Waals surface area contributed by atoms with Gasteiger partial charge in [-0.05, 0) is 24.5 Å². The Labute approximate surface area is 76.7 Å². The van der Waals surface area contributed by atoms with E-state index in [9.17, 15) is 0 Å². The van der Waals surface area contributed by atoms with Gasteiger partial charge >= 0.3 is 0 Å². The van der Waals surface area contributed by atoms with Crippen molar-refractivity contribution in [3.8, 4) is 0 Å². The van der Waals surface area contributed by atoms with Crippen molar-refractivity contribution in [2.75, 3.05) is 0 Å². The Morgan fingerprint density at radius 1 is 1.33 bits per heavy atom. The maximum Gasteiger partial charge on any atom is 0.138 e. The summed E-state index contributed by atoms with van der Waals surface area (Å²) in [7, 11) is 4.21. The van der Waals surface area contributed by atoms with Crippen LogP contribution in [0.2, 0.25) is 0 Å². The van der Waals surface area contributed by atoms with Gasteiger partial charge in [-0.3, -0.25) is 0 Å². The highest BCUT2D eigenvalue weighted by molar-refractivity contribution is 7.26. The van der Waals surface area contributed by atoms with Crippen LogP contribution in [0.4, 0.5) is 0 Å². The number of rotatable bonds is 5. The van der Waals surface area contributed by atoms with Crippen LogP contribution in [0.1, 0.15) is 38.2 Å². The zero-order chi connectivity index (χ0) is 8.81. The van der Waals surface area contributed by atoms with Crippen LogP contribution in [0.25, 0.3) is 0 Å². The maximum atomic E-state index is 5.09. The predicted molar refractivity (Wildman–Crippen MR) is 53.1 cm³/mol. The van der Waals surface area contributed by atoms with E-state index in [0.717, 1.165) is 11.9 Å². The molecule has 0 aliphatic carbocycles. The number of hydrogen-bond donors (Lipinski definition) is 0. The standard InChI is InChI=1S/C10H15OP/c1-2-3-4-5-6-9-7-8-11-10(9)12/h7-8H,2-6H2,1H3. The minimum Gasteiger partial charge on any atom is -0.464 e. The van der Waals surface area contributed by atoms with Crippen LogP contribution >= 0.6 is 9.24 Å². The van der Waals surface area contributed by atoms with Crippen molar-refractivity contribution >= 4 is 14.7 Å². The number of aryl methyl sites for hydroxylation is 1. The maximum absolute atomic E-state index is 5.09.